The largest absolute Gasteiger partial charge is 0.460 e. The highest BCUT2D eigenvalue weighted by Crippen LogP contribution is 2.38. The lowest BCUT2D eigenvalue weighted by molar-refractivity contribution is 0.562. The maximum Gasteiger partial charge on any atom is 0.142 e. The molecule has 1 heterocycles. The fourth-order valence-corrected chi connectivity index (χ4v) is 3.19. The van der Waals surface area contributed by atoms with Crippen molar-refractivity contribution in [3.8, 4) is 0 Å². The Hall–Kier alpha value is -1.76. The Morgan fingerprint density at radius 3 is 1.95 bits per heavy atom. The lowest BCUT2D eigenvalue weighted by Crippen LogP contribution is -1.94. The van der Waals surface area contributed by atoms with Crippen LogP contribution in [-0.2, 0) is 0 Å². The van der Waals surface area contributed by atoms with Gasteiger partial charge in [0.25, 0.3) is 0 Å². The maximum absolute atomic E-state index is 6.14. The third-order valence-corrected chi connectivity index (χ3v) is 4.67. The Bertz CT molecular complexity index is 819. The van der Waals surface area contributed by atoms with Crippen LogP contribution in [0.15, 0.2) is 16.5 Å². The number of aryl methyl sites for hydroxylation is 5. The minimum atomic E-state index is 1.02. The fourth-order valence-electron chi connectivity index (χ4n) is 3.19. The fraction of sp³-hybridized carbons (Fsp3) is 0.333. The molecule has 0 N–H and O–H groups in total. The van der Waals surface area contributed by atoms with Crippen molar-refractivity contribution in [1.29, 1.82) is 0 Å². The maximum atomic E-state index is 6.14. The first kappa shape index (κ1) is 12.3. The van der Waals surface area contributed by atoms with Crippen LogP contribution in [0.3, 0.4) is 0 Å². The van der Waals surface area contributed by atoms with Gasteiger partial charge in [0.2, 0.25) is 0 Å². The molecular weight excluding hydrogens is 232 g/mol. The van der Waals surface area contributed by atoms with Crippen molar-refractivity contribution in [2.24, 2.45) is 0 Å². The molecule has 0 atom stereocenters. The second kappa shape index (κ2) is 3.86. The quantitative estimate of drug-likeness (QED) is 0.519. The summed E-state index contributed by atoms with van der Waals surface area (Å²) < 4.78 is 6.14. The van der Waals surface area contributed by atoms with Crippen LogP contribution >= 0.6 is 0 Å². The standard InChI is InChI=1S/C18H20O/c1-9-7-8-15-16(9)12(4)13(5)17-11(3)10(2)14(6)19-18(15)17/h7-8H,1-6H3. The number of hydrogen-bond acceptors (Lipinski definition) is 1. The molecule has 3 rings (SSSR count). The second-order valence-electron chi connectivity index (χ2n) is 5.67. The molecule has 1 nitrogen and oxygen atoms in total. The molecule has 1 heteroatoms. The van der Waals surface area contributed by atoms with Crippen LogP contribution in [0.4, 0.5) is 0 Å². The Morgan fingerprint density at radius 1 is 0.684 bits per heavy atom. The van der Waals surface area contributed by atoms with Crippen molar-refractivity contribution in [2.45, 2.75) is 41.5 Å². The minimum absolute atomic E-state index is 1.02. The van der Waals surface area contributed by atoms with E-state index < -0.39 is 0 Å². The van der Waals surface area contributed by atoms with E-state index >= 15 is 0 Å². The van der Waals surface area contributed by atoms with Crippen LogP contribution in [0.1, 0.15) is 33.6 Å². The minimum Gasteiger partial charge on any atom is -0.460 e. The summed E-state index contributed by atoms with van der Waals surface area (Å²) in [7, 11) is 0. The number of fused-ring (bicyclic) bond motifs is 3. The summed E-state index contributed by atoms with van der Waals surface area (Å²) in [4.78, 5) is 0. The summed E-state index contributed by atoms with van der Waals surface area (Å²) in [5.41, 5.74) is 7.72. The molecule has 98 valence electrons. The van der Waals surface area contributed by atoms with Gasteiger partial charge in [0.15, 0.2) is 0 Å². The van der Waals surface area contributed by atoms with Crippen LogP contribution in [0.5, 0.6) is 0 Å². The summed E-state index contributed by atoms with van der Waals surface area (Å²) in [6.07, 6.45) is 0. The lowest BCUT2D eigenvalue weighted by Gasteiger charge is -2.15. The lowest BCUT2D eigenvalue weighted by atomic mass is 9.93. The van der Waals surface area contributed by atoms with Gasteiger partial charge < -0.3 is 4.42 Å². The van der Waals surface area contributed by atoms with Crippen molar-refractivity contribution >= 4 is 21.7 Å². The normalized spacial score (nSPS) is 11.7. The van der Waals surface area contributed by atoms with Crippen LogP contribution in [0, 0.1) is 41.5 Å². The van der Waals surface area contributed by atoms with E-state index in [0.29, 0.717) is 0 Å². The van der Waals surface area contributed by atoms with E-state index in [1.54, 1.807) is 0 Å². The Kier molecular flexibility index (Phi) is 2.50. The van der Waals surface area contributed by atoms with Crippen molar-refractivity contribution in [1.82, 2.24) is 0 Å². The van der Waals surface area contributed by atoms with E-state index in [1.165, 1.54) is 44.0 Å². The van der Waals surface area contributed by atoms with Gasteiger partial charge in [0, 0.05) is 10.8 Å². The van der Waals surface area contributed by atoms with Crippen LogP contribution in [0.25, 0.3) is 21.7 Å². The zero-order valence-corrected chi connectivity index (χ0v) is 12.6. The molecule has 0 aliphatic rings. The van der Waals surface area contributed by atoms with Crippen molar-refractivity contribution in [3.05, 3.63) is 45.7 Å². The average Bonchev–Trinajstić information content (AvgIpc) is 2.75. The van der Waals surface area contributed by atoms with Crippen molar-refractivity contribution in [2.75, 3.05) is 0 Å². The van der Waals surface area contributed by atoms with Gasteiger partial charge in [-0.15, -0.1) is 0 Å². The predicted octanol–water partition coefficient (Wildman–Crippen LogP) is 5.44. The van der Waals surface area contributed by atoms with Gasteiger partial charge in [-0.3, -0.25) is 0 Å². The number of hydrogen-bond donors (Lipinski definition) is 0. The van der Waals surface area contributed by atoms with Crippen molar-refractivity contribution < 1.29 is 4.42 Å². The zero-order chi connectivity index (χ0) is 13.9. The van der Waals surface area contributed by atoms with E-state index in [2.05, 4.69) is 53.7 Å². The molecule has 0 fully saturated rings. The van der Waals surface area contributed by atoms with E-state index in [4.69, 9.17) is 4.42 Å². The summed E-state index contributed by atoms with van der Waals surface area (Å²) in [6, 6.07) is 4.38. The SMILES string of the molecule is Cc1oc2c(c(C)c1C)c(C)c(C)c1c(C)ccc12. The summed E-state index contributed by atoms with van der Waals surface area (Å²) in [5.74, 6) is 1.02. The van der Waals surface area contributed by atoms with E-state index in [0.717, 1.165) is 11.3 Å². The highest BCUT2D eigenvalue weighted by atomic mass is 16.3. The van der Waals surface area contributed by atoms with Crippen molar-refractivity contribution in [3.63, 3.8) is 0 Å². The van der Waals surface area contributed by atoms with Gasteiger partial charge in [-0.2, -0.15) is 0 Å². The zero-order valence-electron chi connectivity index (χ0n) is 12.6. The molecule has 3 aromatic rings. The Morgan fingerprint density at radius 2 is 1.26 bits per heavy atom. The van der Waals surface area contributed by atoms with Crippen LogP contribution in [-0.4, -0.2) is 0 Å². The summed E-state index contributed by atoms with van der Waals surface area (Å²) in [6.45, 7) is 13.0. The molecule has 0 aliphatic carbocycles. The van der Waals surface area contributed by atoms with Gasteiger partial charge in [0.05, 0.1) is 0 Å². The molecule has 2 aromatic carbocycles. The Balaban J connectivity index is 2.71. The molecule has 1 aromatic heterocycles. The molecule has 0 aliphatic heterocycles. The van der Waals surface area contributed by atoms with Crippen LogP contribution in [0.2, 0.25) is 0 Å². The first-order valence-electron chi connectivity index (χ1n) is 6.82. The highest BCUT2D eigenvalue weighted by molar-refractivity contribution is 6.10. The second-order valence-corrected chi connectivity index (χ2v) is 5.67. The molecule has 0 saturated carbocycles. The molecule has 0 unspecified atom stereocenters. The number of rotatable bonds is 0. The third-order valence-electron chi connectivity index (χ3n) is 4.67. The predicted molar refractivity (Wildman–Crippen MR) is 82.1 cm³/mol. The monoisotopic (exact) mass is 252 g/mol. The van der Waals surface area contributed by atoms with Gasteiger partial charge >= 0.3 is 0 Å². The Labute approximate surface area is 114 Å². The van der Waals surface area contributed by atoms with Gasteiger partial charge in [0.1, 0.15) is 11.3 Å². The average molecular weight is 252 g/mol. The highest BCUT2D eigenvalue weighted by Gasteiger charge is 2.16. The van der Waals surface area contributed by atoms with E-state index in [-0.39, 0.29) is 0 Å². The first-order chi connectivity index (χ1) is 8.93. The molecule has 0 spiro atoms. The molecule has 0 saturated heterocycles. The van der Waals surface area contributed by atoms with E-state index in [1.807, 2.05) is 0 Å². The summed E-state index contributed by atoms with van der Waals surface area (Å²) in [5, 5.41) is 3.90. The van der Waals surface area contributed by atoms with Crippen LogP contribution < -0.4 is 0 Å². The first-order valence-corrected chi connectivity index (χ1v) is 6.82. The van der Waals surface area contributed by atoms with Gasteiger partial charge in [-0.05, 0) is 74.7 Å². The molecule has 0 amide bonds. The number of benzene rings is 1. The smallest absolute Gasteiger partial charge is 0.142 e. The molecule has 19 heavy (non-hydrogen) atoms. The molecule has 0 bridgehead atoms. The molecule has 0 radical (unpaired) electrons. The summed E-state index contributed by atoms with van der Waals surface area (Å²) >= 11 is 0. The third kappa shape index (κ3) is 1.48. The topological polar surface area (TPSA) is 13.1 Å². The van der Waals surface area contributed by atoms with E-state index in [9.17, 15) is 0 Å². The van der Waals surface area contributed by atoms with Gasteiger partial charge in [-0.25, -0.2) is 0 Å². The van der Waals surface area contributed by atoms with Gasteiger partial charge in [-0.1, -0.05) is 12.1 Å². The molecular formula is C18H20O.